The van der Waals surface area contributed by atoms with Gasteiger partial charge in [0.2, 0.25) is 0 Å². The summed E-state index contributed by atoms with van der Waals surface area (Å²) >= 11 is 0. The van der Waals surface area contributed by atoms with E-state index in [1.54, 1.807) is 19.5 Å². The number of nitrogen functional groups attached to an aromatic ring is 1. The third-order valence-electron chi connectivity index (χ3n) is 3.74. The van der Waals surface area contributed by atoms with Crippen LogP contribution >= 0.6 is 0 Å². The summed E-state index contributed by atoms with van der Waals surface area (Å²) in [5.74, 6) is 0. The Labute approximate surface area is 126 Å². The second kappa shape index (κ2) is 8.81. The van der Waals surface area contributed by atoms with Crippen LogP contribution in [0, 0.1) is 0 Å². The van der Waals surface area contributed by atoms with Gasteiger partial charge in [0.15, 0.2) is 0 Å². The molecule has 1 aliphatic heterocycles. The first-order valence-corrected chi connectivity index (χ1v) is 7.54. The highest BCUT2D eigenvalue weighted by Crippen LogP contribution is 2.22. The van der Waals surface area contributed by atoms with Gasteiger partial charge in [-0.15, -0.1) is 0 Å². The van der Waals surface area contributed by atoms with Crippen molar-refractivity contribution in [1.29, 1.82) is 0 Å². The molecule has 2 N–H and O–H groups in total. The maximum atomic E-state index is 5.98. The summed E-state index contributed by atoms with van der Waals surface area (Å²) in [7, 11) is 1.69. The first kappa shape index (κ1) is 16.0. The van der Waals surface area contributed by atoms with Gasteiger partial charge in [-0.3, -0.25) is 9.88 Å². The van der Waals surface area contributed by atoms with Crippen LogP contribution in [0.4, 0.5) is 11.4 Å². The number of pyridine rings is 1. The van der Waals surface area contributed by atoms with Gasteiger partial charge in [0.25, 0.3) is 0 Å². The summed E-state index contributed by atoms with van der Waals surface area (Å²) in [5.41, 5.74) is 7.85. The summed E-state index contributed by atoms with van der Waals surface area (Å²) in [6.45, 7) is 7.42. The van der Waals surface area contributed by atoms with Crippen LogP contribution in [0.5, 0.6) is 0 Å². The minimum atomic E-state index is 0.673. The van der Waals surface area contributed by atoms with Crippen molar-refractivity contribution in [3.63, 3.8) is 0 Å². The number of rotatable bonds is 8. The monoisotopic (exact) mass is 294 g/mol. The largest absolute Gasteiger partial charge is 0.396 e. The van der Waals surface area contributed by atoms with Gasteiger partial charge < -0.3 is 20.1 Å². The molecule has 1 aliphatic rings. The van der Waals surface area contributed by atoms with E-state index in [0.717, 1.165) is 57.1 Å². The lowest BCUT2D eigenvalue weighted by Crippen LogP contribution is -2.47. The molecule has 1 fully saturated rings. The molecule has 0 atom stereocenters. The van der Waals surface area contributed by atoms with Crippen LogP contribution < -0.4 is 10.6 Å². The number of piperazine rings is 1. The van der Waals surface area contributed by atoms with Crippen LogP contribution in [-0.4, -0.2) is 69.5 Å². The fraction of sp³-hybridized carbons (Fsp3) is 0.667. The maximum Gasteiger partial charge on any atom is 0.0738 e. The minimum absolute atomic E-state index is 0.673. The Balaban J connectivity index is 1.63. The molecule has 6 nitrogen and oxygen atoms in total. The Kier molecular flexibility index (Phi) is 6.72. The molecule has 0 aromatic carbocycles. The van der Waals surface area contributed by atoms with Crippen molar-refractivity contribution in [3.8, 4) is 0 Å². The number of ether oxygens (including phenoxy) is 2. The Morgan fingerprint density at radius 1 is 1.19 bits per heavy atom. The molecule has 118 valence electrons. The number of methoxy groups -OCH3 is 1. The summed E-state index contributed by atoms with van der Waals surface area (Å²) in [6.07, 6.45) is 4.59. The Morgan fingerprint density at radius 2 is 2.00 bits per heavy atom. The Hall–Kier alpha value is -1.37. The molecule has 6 heteroatoms. The van der Waals surface area contributed by atoms with E-state index >= 15 is 0 Å². The molecule has 1 aromatic rings. The lowest BCUT2D eigenvalue weighted by atomic mass is 10.2. The van der Waals surface area contributed by atoms with Crippen molar-refractivity contribution in [3.05, 3.63) is 18.5 Å². The molecule has 1 aromatic heterocycles. The van der Waals surface area contributed by atoms with E-state index < -0.39 is 0 Å². The van der Waals surface area contributed by atoms with E-state index in [-0.39, 0.29) is 0 Å². The zero-order chi connectivity index (χ0) is 14.9. The van der Waals surface area contributed by atoms with Crippen molar-refractivity contribution in [2.45, 2.75) is 6.42 Å². The number of nitrogens with zero attached hydrogens (tertiary/aromatic N) is 3. The van der Waals surface area contributed by atoms with E-state index in [2.05, 4.69) is 14.8 Å². The minimum Gasteiger partial charge on any atom is -0.396 e. The van der Waals surface area contributed by atoms with Crippen LogP contribution in [0.25, 0.3) is 0 Å². The Morgan fingerprint density at radius 3 is 2.71 bits per heavy atom. The standard InChI is InChI=1S/C15H26N4O2/c1-20-11-12-21-10-2-5-18-6-8-19(9-7-18)15-3-4-17-13-14(15)16/h3-4,13H,2,5-12,16H2,1H3. The second-order valence-corrected chi connectivity index (χ2v) is 5.22. The molecular formula is C15H26N4O2. The van der Waals surface area contributed by atoms with Crippen LogP contribution in [0.15, 0.2) is 18.5 Å². The number of hydrogen-bond acceptors (Lipinski definition) is 6. The molecule has 21 heavy (non-hydrogen) atoms. The summed E-state index contributed by atoms with van der Waals surface area (Å²) in [4.78, 5) is 8.86. The molecule has 0 bridgehead atoms. The normalized spacial score (nSPS) is 16.3. The molecule has 0 unspecified atom stereocenters. The maximum absolute atomic E-state index is 5.98. The van der Waals surface area contributed by atoms with E-state index in [1.165, 1.54) is 0 Å². The van der Waals surface area contributed by atoms with Gasteiger partial charge in [-0.25, -0.2) is 0 Å². The molecule has 2 heterocycles. The third kappa shape index (κ3) is 5.15. The summed E-state index contributed by atoms with van der Waals surface area (Å²) in [5, 5.41) is 0. The smallest absolute Gasteiger partial charge is 0.0738 e. The number of aromatic nitrogens is 1. The van der Waals surface area contributed by atoms with Crippen molar-refractivity contribution in [1.82, 2.24) is 9.88 Å². The van der Waals surface area contributed by atoms with Gasteiger partial charge in [-0.1, -0.05) is 0 Å². The molecule has 0 spiro atoms. The molecule has 0 radical (unpaired) electrons. The van der Waals surface area contributed by atoms with Crippen molar-refractivity contribution in [2.75, 3.05) is 70.3 Å². The quantitative estimate of drug-likeness (QED) is 0.717. The third-order valence-corrected chi connectivity index (χ3v) is 3.74. The summed E-state index contributed by atoms with van der Waals surface area (Å²) < 4.78 is 10.4. The van der Waals surface area contributed by atoms with Crippen LogP contribution in [0.2, 0.25) is 0 Å². The van der Waals surface area contributed by atoms with Gasteiger partial charge in [-0.2, -0.15) is 0 Å². The fourth-order valence-electron chi connectivity index (χ4n) is 2.53. The molecule has 1 saturated heterocycles. The van der Waals surface area contributed by atoms with Crippen molar-refractivity contribution >= 4 is 11.4 Å². The van der Waals surface area contributed by atoms with E-state index in [1.807, 2.05) is 6.07 Å². The van der Waals surface area contributed by atoms with Crippen molar-refractivity contribution in [2.24, 2.45) is 0 Å². The average Bonchev–Trinajstić information content (AvgIpc) is 2.52. The van der Waals surface area contributed by atoms with Gasteiger partial charge >= 0.3 is 0 Å². The van der Waals surface area contributed by atoms with Gasteiger partial charge in [0.05, 0.1) is 30.8 Å². The van der Waals surface area contributed by atoms with Gasteiger partial charge in [0, 0.05) is 52.6 Å². The van der Waals surface area contributed by atoms with E-state index in [0.29, 0.717) is 13.2 Å². The highest BCUT2D eigenvalue weighted by atomic mass is 16.5. The van der Waals surface area contributed by atoms with Gasteiger partial charge in [0.1, 0.15) is 0 Å². The highest BCUT2D eigenvalue weighted by Gasteiger charge is 2.18. The fourth-order valence-corrected chi connectivity index (χ4v) is 2.53. The van der Waals surface area contributed by atoms with E-state index in [4.69, 9.17) is 15.2 Å². The van der Waals surface area contributed by atoms with Crippen LogP contribution in [-0.2, 0) is 9.47 Å². The lowest BCUT2D eigenvalue weighted by molar-refractivity contribution is 0.0649. The molecule has 0 aliphatic carbocycles. The first-order chi connectivity index (χ1) is 10.3. The summed E-state index contributed by atoms with van der Waals surface area (Å²) in [6, 6.07) is 1.99. The zero-order valence-corrected chi connectivity index (χ0v) is 12.8. The highest BCUT2D eigenvalue weighted by molar-refractivity contribution is 5.66. The number of hydrogen-bond donors (Lipinski definition) is 1. The Bertz CT molecular complexity index is 408. The van der Waals surface area contributed by atoms with Crippen LogP contribution in [0.3, 0.4) is 0 Å². The van der Waals surface area contributed by atoms with E-state index in [9.17, 15) is 0 Å². The van der Waals surface area contributed by atoms with Gasteiger partial charge in [-0.05, 0) is 12.5 Å². The molecular weight excluding hydrogens is 268 g/mol. The molecule has 2 rings (SSSR count). The predicted molar refractivity (Wildman–Crippen MR) is 84.6 cm³/mol. The zero-order valence-electron chi connectivity index (χ0n) is 12.8. The lowest BCUT2D eigenvalue weighted by Gasteiger charge is -2.36. The second-order valence-electron chi connectivity index (χ2n) is 5.22. The van der Waals surface area contributed by atoms with Crippen LogP contribution in [0.1, 0.15) is 6.42 Å². The number of nitrogens with two attached hydrogens (primary N) is 1. The molecule has 0 saturated carbocycles. The average molecular weight is 294 g/mol. The first-order valence-electron chi connectivity index (χ1n) is 7.54. The van der Waals surface area contributed by atoms with Crippen molar-refractivity contribution < 1.29 is 9.47 Å². The molecule has 0 amide bonds. The number of anilines is 2. The predicted octanol–water partition coefficient (Wildman–Crippen LogP) is 0.839. The topological polar surface area (TPSA) is 63.9 Å². The SMILES string of the molecule is COCCOCCCN1CCN(c2ccncc2N)CC1.